The summed E-state index contributed by atoms with van der Waals surface area (Å²) >= 11 is 1.78. The van der Waals surface area contributed by atoms with E-state index >= 15 is 0 Å². The quantitative estimate of drug-likeness (QED) is 0.755. The zero-order valence-corrected chi connectivity index (χ0v) is 13.0. The van der Waals surface area contributed by atoms with Crippen LogP contribution in [0, 0.1) is 6.92 Å². The summed E-state index contributed by atoms with van der Waals surface area (Å²) in [5.74, 6) is -0.286. The molecule has 0 aromatic heterocycles. The molecule has 0 aliphatic rings. The summed E-state index contributed by atoms with van der Waals surface area (Å²) < 4.78 is 0. The number of amides is 1. The van der Waals surface area contributed by atoms with Gasteiger partial charge in [0.15, 0.2) is 0 Å². The molecular formula is C15H24N2OS. The minimum absolute atomic E-state index is 0.286. The number of carbonyl (C=O) groups excluding carboxylic acids is 1. The van der Waals surface area contributed by atoms with Crippen molar-refractivity contribution < 1.29 is 4.79 Å². The van der Waals surface area contributed by atoms with Crippen molar-refractivity contribution >= 4 is 17.7 Å². The van der Waals surface area contributed by atoms with Gasteiger partial charge in [-0.3, -0.25) is 4.79 Å². The van der Waals surface area contributed by atoms with Gasteiger partial charge in [0, 0.05) is 10.1 Å². The third kappa shape index (κ3) is 4.88. The smallest absolute Gasteiger partial charge is 0.237 e. The van der Waals surface area contributed by atoms with Gasteiger partial charge in [0.2, 0.25) is 5.91 Å². The van der Waals surface area contributed by atoms with Crippen LogP contribution in [0.2, 0.25) is 0 Å². The Morgan fingerprint density at radius 1 is 1.53 bits per heavy atom. The summed E-state index contributed by atoms with van der Waals surface area (Å²) in [7, 11) is 0. The molecule has 0 radical (unpaired) electrons. The second kappa shape index (κ2) is 6.96. The van der Waals surface area contributed by atoms with E-state index in [1.807, 2.05) is 13.8 Å². The first kappa shape index (κ1) is 16.1. The van der Waals surface area contributed by atoms with Crippen LogP contribution >= 0.6 is 11.8 Å². The number of hydrogen-bond acceptors (Lipinski definition) is 3. The number of likely N-dealkylation sites (N-methyl/N-ethyl adjacent to an activating group) is 1. The van der Waals surface area contributed by atoms with E-state index in [1.165, 1.54) is 10.5 Å². The van der Waals surface area contributed by atoms with Crippen LogP contribution in [0.1, 0.15) is 32.8 Å². The summed E-state index contributed by atoms with van der Waals surface area (Å²) in [5, 5.41) is 3.52. The number of nitrogens with one attached hydrogen (secondary N) is 1. The largest absolute Gasteiger partial charge is 0.368 e. The molecule has 3 nitrogen and oxygen atoms in total. The molecule has 106 valence electrons. The van der Waals surface area contributed by atoms with Crippen LogP contribution in [0.5, 0.6) is 0 Å². The van der Waals surface area contributed by atoms with Gasteiger partial charge in [-0.05, 0) is 38.9 Å². The van der Waals surface area contributed by atoms with Crippen LogP contribution in [-0.4, -0.2) is 23.2 Å². The second-order valence-corrected chi connectivity index (χ2v) is 6.69. The molecule has 0 bridgehead atoms. The minimum atomic E-state index is -0.634. The molecule has 0 saturated heterocycles. The first-order chi connectivity index (χ1) is 8.87. The third-order valence-corrected chi connectivity index (χ3v) is 4.23. The summed E-state index contributed by atoms with van der Waals surface area (Å²) in [6, 6.07) is 8.40. The van der Waals surface area contributed by atoms with E-state index < -0.39 is 5.54 Å². The zero-order chi connectivity index (χ0) is 14.5. The molecule has 0 fully saturated rings. The lowest BCUT2D eigenvalue weighted by atomic mass is 9.95. The summed E-state index contributed by atoms with van der Waals surface area (Å²) in [6.45, 7) is 8.82. The fourth-order valence-corrected chi connectivity index (χ4v) is 3.48. The van der Waals surface area contributed by atoms with Gasteiger partial charge in [0.1, 0.15) is 0 Å². The van der Waals surface area contributed by atoms with Crippen LogP contribution < -0.4 is 11.1 Å². The highest BCUT2D eigenvalue weighted by Gasteiger charge is 2.31. The van der Waals surface area contributed by atoms with Crippen molar-refractivity contribution in [2.75, 3.05) is 6.54 Å². The van der Waals surface area contributed by atoms with E-state index in [1.54, 1.807) is 11.8 Å². The molecule has 1 aromatic carbocycles. The first-order valence-electron chi connectivity index (χ1n) is 6.65. The van der Waals surface area contributed by atoms with Gasteiger partial charge in [-0.25, -0.2) is 0 Å². The van der Waals surface area contributed by atoms with Crippen molar-refractivity contribution in [3.63, 3.8) is 0 Å². The molecule has 4 heteroatoms. The van der Waals surface area contributed by atoms with Crippen LogP contribution in [0.3, 0.4) is 0 Å². The lowest BCUT2D eigenvalue weighted by Crippen LogP contribution is -2.54. The van der Waals surface area contributed by atoms with Gasteiger partial charge < -0.3 is 11.1 Å². The average molecular weight is 280 g/mol. The summed E-state index contributed by atoms with van der Waals surface area (Å²) in [6.07, 6.45) is 0.717. The molecule has 19 heavy (non-hydrogen) atoms. The predicted molar refractivity (Wildman–Crippen MR) is 82.4 cm³/mol. The zero-order valence-electron chi connectivity index (χ0n) is 12.2. The highest BCUT2D eigenvalue weighted by atomic mass is 32.2. The van der Waals surface area contributed by atoms with Gasteiger partial charge in [-0.15, -0.1) is 11.8 Å². The molecule has 0 spiro atoms. The van der Waals surface area contributed by atoms with Crippen molar-refractivity contribution in [2.45, 2.75) is 49.8 Å². The molecule has 1 amide bonds. The number of benzene rings is 1. The number of aryl methyl sites for hydroxylation is 1. The molecule has 0 saturated carbocycles. The maximum atomic E-state index is 11.6. The first-order valence-corrected chi connectivity index (χ1v) is 7.53. The third-order valence-electron chi connectivity index (χ3n) is 3.13. The average Bonchev–Trinajstić information content (AvgIpc) is 2.28. The Morgan fingerprint density at radius 2 is 2.21 bits per heavy atom. The summed E-state index contributed by atoms with van der Waals surface area (Å²) in [4.78, 5) is 12.8. The van der Waals surface area contributed by atoms with Crippen LogP contribution in [0.4, 0.5) is 0 Å². The number of primary amides is 1. The maximum absolute atomic E-state index is 11.6. The van der Waals surface area contributed by atoms with Crippen LogP contribution in [-0.2, 0) is 4.79 Å². The molecule has 0 aliphatic heterocycles. The van der Waals surface area contributed by atoms with Crippen molar-refractivity contribution in [1.82, 2.24) is 5.32 Å². The van der Waals surface area contributed by atoms with Crippen LogP contribution in [0.15, 0.2) is 29.2 Å². The molecule has 0 heterocycles. The number of carbonyl (C=O) groups is 1. The topological polar surface area (TPSA) is 55.1 Å². The fourth-order valence-electron chi connectivity index (χ4n) is 2.19. The minimum Gasteiger partial charge on any atom is -0.368 e. The van der Waals surface area contributed by atoms with Gasteiger partial charge in [-0.2, -0.15) is 0 Å². The van der Waals surface area contributed by atoms with Crippen molar-refractivity contribution in [3.8, 4) is 0 Å². The molecular weight excluding hydrogens is 256 g/mol. The molecule has 1 rings (SSSR count). The van der Waals surface area contributed by atoms with E-state index in [-0.39, 0.29) is 5.91 Å². The normalized spacial score (nSPS) is 15.8. The Morgan fingerprint density at radius 3 is 2.74 bits per heavy atom. The molecule has 3 N–H and O–H groups in total. The van der Waals surface area contributed by atoms with E-state index in [0.717, 1.165) is 13.0 Å². The molecule has 0 aliphatic carbocycles. The van der Waals surface area contributed by atoms with E-state index in [2.05, 4.69) is 43.4 Å². The Bertz CT molecular complexity index is 436. The SMILES string of the molecule is CCNC(C)(CC(C)Sc1cccc(C)c1)C(N)=O. The predicted octanol–water partition coefficient (Wildman–Crippen LogP) is 2.72. The van der Waals surface area contributed by atoms with Crippen molar-refractivity contribution in [1.29, 1.82) is 0 Å². The van der Waals surface area contributed by atoms with Gasteiger partial charge in [0.25, 0.3) is 0 Å². The molecule has 1 aromatic rings. The van der Waals surface area contributed by atoms with Crippen molar-refractivity contribution in [3.05, 3.63) is 29.8 Å². The number of hydrogen-bond donors (Lipinski definition) is 2. The molecule has 2 unspecified atom stereocenters. The van der Waals surface area contributed by atoms with Crippen molar-refractivity contribution in [2.24, 2.45) is 5.73 Å². The standard InChI is InChI=1S/C15H24N2OS/c1-5-17-15(4,14(16)18)10-12(3)19-13-8-6-7-11(2)9-13/h6-9,12,17H,5,10H2,1-4H3,(H2,16,18). The van der Waals surface area contributed by atoms with E-state index in [4.69, 9.17) is 5.73 Å². The fraction of sp³-hybridized carbons (Fsp3) is 0.533. The Labute approximate surface area is 120 Å². The van der Waals surface area contributed by atoms with E-state index in [9.17, 15) is 4.79 Å². The van der Waals surface area contributed by atoms with Gasteiger partial charge in [0.05, 0.1) is 5.54 Å². The highest BCUT2D eigenvalue weighted by molar-refractivity contribution is 7.99. The number of rotatable bonds is 7. The highest BCUT2D eigenvalue weighted by Crippen LogP contribution is 2.29. The Kier molecular flexibility index (Phi) is 5.88. The Balaban J connectivity index is 2.68. The summed E-state index contributed by atoms with van der Waals surface area (Å²) in [5.41, 5.74) is 6.13. The number of nitrogens with two attached hydrogens (primary N) is 1. The lowest BCUT2D eigenvalue weighted by molar-refractivity contribution is -0.124. The number of thioether (sulfide) groups is 1. The lowest BCUT2D eigenvalue weighted by Gasteiger charge is -2.29. The second-order valence-electron chi connectivity index (χ2n) is 5.18. The maximum Gasteiger partial charge on any atom is 0.237 e. The monoisotopic (exact) mass is 280 g/mol. The van der Waals surface area contributed by atoms with Crippen LogP contribution in [0.25, 0.3) is 0 Å². The van der Waals surface area contributed by atoms with E-state index in [0.29, 0.717) is 5.25 Å². The van der Waals surface area contributed by atoms with Gasteiger partial charge >= 0.3 is 0 Å². The van der Waals surface area contributed by atoms with Gasteiger partial charge in [-0.1, -0.05) is 31.5 Å². The molecule has 2 atom stereocenters. The Hall–Kier alpha value is -1.00.